The molecular weight excluding hydrogens is 294 g/mol. The van der Waals surface area contributed by atoms with Gasteiger partial charge in [-0.2, -0.15) is 0 Å². The number of carbonyl (C=O) groups excluding carboxylic acids is 1. The minimum atomic E-state index is -0.997. The highest BCUT2D eigenvalue weighted by molar-refractivity contribution is 5.74. The molecule has 0 amide bonds. The Morgan fingerprint density at radius 1 is 0.957 bits per heavy atom. The van der Waals surface area contributed by atoms with Gasteiger partial charge in [-0.15, -0.1) is 0 Å². The fraction of sp³-hybridized carbons (Fsp3) is 0.941. The van der Waals surface area contributed by atoms with Crippen molar-refractivity contribution < 1.29 is 14.6 Å². The third-order valence-corrected chi connectivity index (χ3v) is 3.22. The van der Waals surface area contributed by atoms with Crippen LogP contribution in [0.1, 0.15) is 53.4 Å². The van der Waals surface area contributed by atoms with E-state index in [2.05, 4.69) is 22.9 Å². The van der Waals surface area contributed by atoms with Crippen LogP contribution in [0, 0.1) is 0 Å². The van der Waals surface area contributed by atoms with Gasteiger partial charge in [0.05, 0.1) is 0 Å². The van der Waals surface area contributed by atoms with Crippen LogP contribution < -0.4 is 16.0 Å². The molecule has 0 aliphatic carbocycles. The number of unbranched alkanes of at least 4 members (excludes halogenated alkanes) is 2. The van der Waals surface area contributed by atoms with Gasteiger partial charge in [0.1, 0.15) is 5.60 Å². The van der Waals surface area contributed by atoms with Crippen molar-refractivity contribution in [1.82, 2.24) is 16.0 Å². The average Bonchev–Trinajstić information content (AvgIpc) is 2.46. The zero-order valence-corrected chi connectivity index (χ0v) is 15.4. The van der Waals surface area contributed by atoms with E-state index in [1.807, 2.05) is 0 Å². The van der Waals surface area contributed by atoms with E-state index in [9.17, 15) is 9.90 Å². The lowest BCUT2D eigenvalue weighted by Gasteiger charge is -2.21. The van der Waals surface area contributed by atoms with E-state index < -0.39 is 17.7 Å². The molecule has 6 heteroatoms. The molecular formula is C17H37N3O3. The number of hydrogen-bond donors (Lipinski definition) is 4. The molecule has 0 radical (unpaired) electrons. The molecule has 1 atom stereocenters. The highest BCUT2D eigenvalue weighted by Gasteiger charge is 2.22. The Morgan fingerprint density at radius 3 is 2.09 bits per heavy atom. The number of hydrogen-bond acceptors (Lipinski definition) is 6. The Hall–Kier alpha value is -0.690. The first-order chi connectivity index (χ1) is 10.9. The van der Waals surface area contributed by atoms with Gasteiger partial charge in [0, 0.05) is 26.2 Å². The van der Waals surface area contributed by atoms with Crippen molar-refractivity contribution in [2.24, 2.45) is 0 Å². The molecule has 0 saturated heterocycles. The summed E-state index contributed by atoms with van der Waals surface area (Å²) >= 11 is 0. The van der Waals surface area contributed by atoms with Crippen molar-refractivity contribution in [3.8, 4) is 0 Å². The lowest BCUT2D eigenvalue weighted by Crippen LogP contribution is -2.33. The predicted molar refractivity (Wildman–Crippen MR) is 94.6 cm³/mol. The van der Waals surface area contributed by atoms with Crippen molar-refractivity contribution in [3.63, 3.8) is 0 Å². The first kappa shape index (κ1) is 22.3. The molecule has 0 aromatic carbocycles. The lowest BCUT2D eigenvalue weighted by molar-refractivity contribution is -0.165. The highest BCUT2D eigenvalue weighted by Crippen LogP contribution is 2.11. The van der Waals surface area contributed by atoms with Gasteiger partial charge in [0.2, 0.25) is 0 Å². The summed E-state index contributed by atoms with van der Waals surface area (Å²) in [5.41, 5.74) is -0.539. The molecule has 0 aliphatic heterocycles. The molecule has 6 nitrogen and oxygen atoms in total. The van der Waals surface area contributed by atoms with Crippen molar-refractivity contribution in [2.45, 2.75) is 65.1 Å². The number of aliphatic hydroxyl groups excluding tert-OH is 1. The molecule has 0 rings (SSSR count). The molecule has 138 valence electrons. The molecule has 23 heavy (non-hydrogen) atoms. The number of ether oxygens (including phenoxy) is 1. The Bertz CT molecular complexity index is 293. The van der Waals surface area contributed by atoms with Crippen LogP contribution in [0.2, 0.25) is 0 Å². The Kier molecular flexibility index (Phi) is 13.3. The van der Waals surface area contributed by atoms with Crippen LogP contribution in [0.4, 0.5) is 0 Å². The summed E-state index contributed by atoms with van der Waals surface area (Å²) < 4.78 is 5.14. The van der Waals surface area contributed by atoms with Gasteiger partial charge in [-0.05, 0) is 46.7 Å². The van der Waals surface area contributed by atoms with Crippen molar-refractivity contribution in [2.75, 3.05) is 39.3 Å². The summed E-state index contributed by atoms with van der Waals surface area (Å²) in [6.45, 7) is 13.5. The standard InChI is InChI=1S/C17H37N3O3/c1-5-18-11-12-20-14-13-19-10-8-6-7-9-15(21)16(22)23-17(2,3)4/h15,18-21H,5-14H2,1-4H3. The summed E-state index contributed by atoms with van der Waals surface area (Å²) in [6.07, 6.45) is 2.37. The molecule has 4 N–H and O–H groups in total. The Labute approximate surface area is 141 Å². The molecule has 0 saturated carbocycles. The number of esters is 1. The quantitative estimate of drug-likeness (QED) is 0.281. The molecule has 0 aromatic heterocycles. The van der Waals surface area contributed by atoms with Gasteiger partial charge < -0.3 is 25.8 Å². The van der Waals surface area contributed by atoms with Crippen molar-refractivity contribution in [1.29, 1.82) is 0 Å². The zero-order chi connectivity index (χ0) is 17.6. The van der Waals surface area contributed by atoms with Crippen LogP contribution in [0.15, 0.2) is 0 Å². The normalized spacial score (nSPS) is 13.1. The van der Waals surface area contributed by atoms with E-state index in [0.717, 1.165) is 58.5 Å². The number of nitrogens with one attached hydrogen (secondary N) is 3. The van der Waals surface area contributed by atoms with Gasteiger partial charge >= 0.3 is 5.97 Å². The van der Waals surface area contributed by atoms with Gasteiger partial charge in [0.25, 0.3) is 0 Å². The largest absolute Gasteiger partial charge is 0.458 e. The minimum absolute atomic E-state index is 0.473. The second-order valence-electron chi connectivity index (χ2n) is 6.75. The number of carbonyl (C=O) groups is 1. The van der Waals surface area contributed by atoms with Crippen LogP contribution in [-0.4, -0.2) is 62.0 Å². The second-order valence-corrected chi connectivity index (χ2v) is 6.75. The van der Waals surface area contributed by atoms with Gasteiger partial charge in [0.15, 0.2) is 6.10 Å². The zero-order valence-electron chi connectivity index (χ0n) is 15.4. The lowest BCUT2D eigenvalue weighted by atomic mass is 10.1. The van der Waals surface area contributed by atoms with Crippen LogP contribution in [0.25, 0.3) is 0 Å². The third-order valence-electron chi connectivity index (χ3n) is 3.22. The summed E-state index contributed by atoms with van der Waals surface area (Å²) in [7, 11) is 0. The molecule has 0 spiro atoms. The van der Waals surface area contributed by atoms with E-state index >= 15 is 0 Å². The predicted octanol–water partition coefficient (Wildman–Crippen LogP) is 1.04. The fourth-order valence-electron chi connectivity index (χ4n) is 2.03. The Balaban J connectivity index is 3.34. The fourth-order valence-corrected chi connectivity index (χ4v) is 2.03. The minimum Gasteiger partial charge on any atom is -0.458 e. The Morgan fingerprint density at radius 2 is 1.52 bits per heavy atom. The maximum absolute atomic E-state index is 11.6. The maximum Gasteiger partial charge on any atom is 0.335 e. The van der Waals surface area contributed by atoms with Gasteiger partial charge in [-0.3, -0.25) is 0 Å². The topological polar surface area (TPSA) is 82.6 Å². The molecule has 0 fully saturated rings. The van der Waals surface area contributed by atoms with E-state index in [1.54, 1.807) is 20.8 Å². The van der Waals surface area contributed by atoms with E-state index in [-0.39, 0.29) is 0 Å². The summed E-state index contributed by atoms with van der Waals surface area (Å²) in [5.74, 6) is -0.515. The first-order valence-corrected chi connectivity index (χ1v) is 8.90. The van der Waals surface area contributed by atoms with Crippen LogP contribution >= 0.6 is 0 Å². The number of aliphatic hydroxyl groups is 1. The first-order valence-electron chi connectivity index (χ1n) is 8.90. The van der Waals surface area contributed by atoms with Crippen LogP contribution in [0.5, 0.6) is 0 Å². The molecule has 0 aliphatic rings. The summed E-state index contributed by atoms with van der Waals surface area (Å²) in [6, 6.07) is 0. The smallest absolute Gasteiger partial charge is 0.335 e. The number of rotatable bonds is 14. The average molecular weight is 332 g/mol. The van der Waals surface area contributed by atoms with Crippen molar-refractivity contribution in [3.05, 3.63) is 0 Å². The van der Waals surface area contributed by atoms with E-state index in [4.69, 9.17) is 4.74 Å². The van der Waals surface area contributed by atoms with Crippen LogP contribution in [-0.2, 0) is 9.53 Å². The van der Waals surface area contributed by atoms with Gasteiger partial charge in [-0.25, -0.2) is 4.79 Å². The van der Waals surface area contributed by atoms with E-state index in [0.29, 0.717) is 6.42 Å². The monoisotopic (exact) mass is 331 g/mol. The van der Waals surface area contributed by atoms with Crippen LogP contribution in [0.3, 0.4) is 0 Å². The summed E-state index contributed by atoms with van der Waals surface area (Å²) in [4.78, 5) is 11.6. The number of likely N-dealkylation sites (N-methyl/N-ethyl adjacent to an activating group) is 1. The highest BCUT2D eigenvalue weighted by atomic mass is 16.6. The SMILES string of the molecule is CCNCCNCCNCCCCCC(O)C(=O)OC(C)(C)C. The second kappa shape index (κ2) is 13.7. The molecule has 0 aromatic rings. The summed E-state index contributed by atoms with van der Waals surface area (Å²) in [5, 5.41) is 19.7. The van der Waals surface area contributed by atoms with Gasteiger partial charge in [-0.1, -0.05) is 19.8 Å². The van der Waals surface area contributed by atoms with E-state index in [1.165, 1.54) is 0 Å². The molecule has 1 unspecified atom stereocenters. The third kappa shape index (κ3) is 16.0. The maximum atomic E-state index is 11.6. The van der Waals surface area contributed by atoms with Crippen molar-refractivity contribution >= 4 is 5.97 Å². The molecule has 0 heterocycles. The molecule has 0 bridgehead atoms.